The Balaban J connectivity index is 1.66. The van der Waals surface area contributed by atoms with E-state index in [9.17, 15) is 0 Å². The molecule has 6 rings (SSSR count). The molecule has 2 aromatic rings. The standard InChI is InChI=1S/C46H50Cl2Si/c1-11-29-25-33-17-13-15-19-35(31-21-23-37(39(47)27-31)45(3,4)5)41(33)43(29)49(9,10)44-30(12-2)26-34-18-14-16-20-36(42(34)44)32-22-24-38(40(48)28-32)46(6,7)8/h13-28H,11-12H2,1-10H3. The molecule has 0 saturated carbocycles. The van der Waals surface area contributed by atoms with E-state index in [1.807, 2.05) is 0 Å². The van der Waals surface area contributed by atoms with Crippen LogP contribution in [0.1, 0.15) is 77.6 Å². The van der Waals surface area contributed by atoms with E-state index in [2.05, 4.69) is 166 Å². The van der Waals surface area contributed by atoms with Crippen LogP contribution in [0.5, 0.6) is 0 Å². The molecule has 0 atom stereocenters. The Morgan fingerprint density at radius 1 is 0.490 bits per heavy atom. The van der Waals surface area contributed by atoms with E-state index in [0.717, 1.165) is 22.9 Å². The first-order chi connectivity index (χ1) is 23.1. The largest absolute Gasteiger partial charge is 0.114 e. The van der Waals surface area contributed by atoms with Gasteiger partial charge in [0.1, 0.15) is 8.07 Å². The third-order valence-electron chi connectivity index (χ3n) is 10.4. The van der Waals surface area contributed by atoms with Crippen LogP contribution in [0.3, 0.4) is 0 Å². The predicted molar refractivity (Wildman–Crippen MR) is 220 cm³/mol. The summed E-state index contributed by atoms with van der Waals surface area (Å²) in [6.07, 6.45) is 1.97. The van der Waals surface area contributed by atoms with E-state index in [-0.39, 0.29) is 10.8 Å². The molecule has 0 heterocycles. The normalized spacial score (nSPS) is 12.7. The average Bonchev–Trinajstić information content (AvgIpc) is 3.43. The van der Waals surface area contributed by atoms with E-state index in [0.29, 0.717) is 0 Å². The molecule has 0 spiro atoms. The summed E-state index contributed by atoms with van der Waals surface area (Å²) < 4.78 is 0. The van der Waals surface area contributed by atoms with E-state index in [1.54, 1.807) is 0 Å². The van der Waals surface area contributed by atoms with Crippen molar-refractivity contribution >= 4 is 41.6 Å². The fourth-order valence-corrected chi connectivity index (χ4v) is 13.2. The van der Waals surface area contributed by atoms with Gasteiger partial charge in [-0.25, -0.2) is 0 Å². The van der Waals surface area contributed by atoms with Crippen LogP contribution < -0.4 is 10.4 Å². The molecule has 0 nitrogen and oxygen atoms in total. The summed E-state index contributed by atoms with van der Waals surface area (Å²) in [5.74, 6) is 0. The molecule has 0 aliphatic heterocycles. The summed E-state index contributed by atoms with van der Waals surface area (Å²) in [7, 11) is -2.39. The van der Waals surface area contributed by atoms with Crippen LogP contribution >= 0.6 is 23.2 Å². The Labute approximate surface area is 306 Å². The fraction of sp³-hybridized carbons (Fsp3) is 0.304. The van der Waals surface area contributed by atoms with Crippen molar-refractivity contribution in [2.45, 2.75) is 92.2 Å². The van der Waals surface area contributed by atoms with Crippen molar-refractivity contribution in [3.8, 4) is 44.5 Å². The summed E-state index contributed by atoms with van der Waals surface area (Å²) in [6.45, 7) is 23.1. The van der Waals surface area contributed by atoms with Gasteiger partial charge < -0.3 is 0 Å². The molecule has 4 aliphatic rings. The minimum atomic E-state index is -2.39. The quantitative estimate of drug-likeness (QED) is 0.152. The van der Waals surface area contributed by atoms with Crippen LogP contribution in [0, 0.1) is 0 Å². The van der Waals surface area contributed by atoms with Crippen LogP contribution in [-0.4, -0.2) is 8.07 Å². The van der Waals surface area contributed by atoms with E-state index in [4.69, 9.17) is 23.2 Å². The molecule has 0 saturated heterocycles. The molecule has 0 amide bonds. The Kier molecular flexibility index (Phi) is 9.46. The fourth-order valence-electron chi connectivity index (χ4n) is 8.08. The number of aryl methyl sites for hydroxylation is 2. The lowest BCUT2D eigenvalue weighted by molar-refractivity contribution is 0.590. The molecular weight excluding hydrogens is 651 g/mol. The lowest BCUT2D eigenvalue weighted by Crippen LogP contribution is -2.55. The lowest BCUT2D eigenvalue weighted by atomic mass is 9.86. The van der Waals surface area contributed by atoms with Crippen molar-refractivity contribution in [3.63, 3.8) is 0 Å². The zero-order valence-corrected chi connectivity index (χ0v) is 33.4. The molecule has 252 valence electrons. The predicted octanol–water partition coefficient (Wildman–Crippen LogP) is 13.1. The molecular formula is C46H50Cl2Si. The van der Waals surface area contributed by atoms with E-state index < -0.39 is 8.07 Å². The van der Waals surface area contributed by atoms with Gasteiger partial charge in [-0.3, -0.25) is 0 Å². The molecule has 0 fully saturated rings. The van der Waals surface area contributed by atoms with Crippen LogP contribution in [-0.2, 0) is 23.7 Å². The molecule has 0 aromatic heterocycles. The van der Waals surface area contributed by atoms with Crippen molar-refractivity contribution in [1.82, 2.24) is 0 Å². The first kappa shape index (κ1) is 35.5. The molecule has 0 radical (unpaired) electrons. The van der Waals surface area contributed by atoms with Gasteiger partial charge in [0.25, 0.3) is 0 Å². The summed E-state index contributed by atoms with van der Waals surface area (Å²) in [5, 5.41) is 4.73. The second kappa shape index (κ2) is 13.1. The van der Waals surface area contributed by atoms with Crippen LogP contribution in [0.15, 0.2) is 97.1 Å². The molecule has 0 N–H and O–H groups in total. The average molecular weight is 702 g/mol. The van der Waals surface area contributed by atoms with Gasteiger partial charge in [-0.15, -0.1) is 0 Å². The molecule has 4 aliphatic carbocycles. The number of halogens is 2. The van der Waals surface area contributed by atoms with E-state index in [1.165, 1.54) is 77.1 Å². The van der Waals surface area contributed by atoms with Crippen LogP contribution in [0.25, 0.3) is 44.5 Å². The number of rotatable bonds is 6. The van der Waals surface area contributed by atoms with Crippen molar-refractivity contribution in [2.24, 2.45) is 0 Å². The number of fused-ring (bicyclic) bond motifs is 2. The summed E-state index contributed by atoms with van der Waals surface area (Å²) >= 11 is 14.1. The van der Waals surface area contributed by atoms with Crippen molar-refractivity contribution < 1.29 is 0 Å². The third-order valence-corrected chi connectivity index (χ3v) is 14.7. The highest BCUT2D eigenvalue weighted by atomic mass is 35.5. The maximum absolute atomic E-state index is 7.03. The van der Waals surface area contributed by atoms with Gasteiger partial charge in [-0.05, 0) is 113 Å². The maximum Gasteiger partial charge on any atom is 0.114 e. The summed E-state index contributed by atoms with van der Waals surface area (Å²) in [6, 6.07) is 36.2. The highest BCUT2D eigenvalue weighted by Crippen LogP contribution is 2.42. The maximum atomic E-state index is 7.03. The minimum Gasteiger partial charge on any atom is -0.0840 e. The van der Waals surface area contributed by atoms with Gasteiger partial charge in [0, 0.05) is 10.0 Å². The van der Waals surface area contributed by atoms with Crippen LogP contribution in [0.2, 0.25) is 23.1 Å². The molecule has 0 bridgehead atoms. The zero-order valence-electron chi connectivity index (χ0n) is 30.9. The van der Waals surface area contributed by atoms with E-state index >= 15 is 0 Å². The van der Waals surface area contributed by atoms with Gasteiger partial charge in [-0.1, -0.05) is 177 Å². The highest BCUT2D eigenvalue weighted by Gasteiger charge is 2.39. The van der Waals surface area contributed by atoms with Gasteiger partial charge >= 0.3 is 0 Å². The second-order valence-corrected chi connectivity index (χ2v) is 21.3. The van der Waals surface area contributed by atoms with Crippen molar-refractivity contribution in [1.29, 1.82) is 0 Å². The van der Waals surface area contributed by atoms with Gasteiger partial charge in [0.05, 0.1) is 0 Å². The van der Waals surface area contributed by atoms with Gasteiger partial charge in [-0.2, -0.15) is 0 Å². The van der Waals surface area contributed by atoms with Crippen molar-refractivity contribution in [3.05, 3.63) is 129 Å². The summed E-state index contributed by atoms with van der Waals surface area (Å²) in [5.41, 5.74) is 15.4. The number of hydrogen-bond donors (Lipinski definition) is 0. The third kappa shape index (κ3) is 6.40. The number of benzene rings is 2. The Morgan fingerprint density at radius 2 is 0.857 bits per heavy atom. The van der Waals surface area contributed by atoms with Crippen molar-refractivity contribution in [2.75, 3.05) is 0 Å². The van der Waals surface area contributed by atoms with Gasteiger partial charge in [0.2, 0.25) is 0 Å². The molecule has 2 aromatic carbocycles. The molecule has 0 unspecified atom stereocenters. The topological polar surface area (TPSA) is 0 Å². The Bertz CT molecular complexity index is 1950. The smallest absolute Gasteiger partial charge is 0.0840 e. The Morgan fingerprint density at radius 3 is 1.18 bits per heavy atom. The molecule has 49 heavy (non-hydrogen) atoms. The van der Waals surface area contributed by atoms with Gasteiger partial charge in [0.15, 0.2) is 0 Å². The zero-order chi connectivity index (χ0) is 35.5. The first-order valence-electron chi connectivity index (χ1n) is 17.8. The monoisotopic (exact) mass is 700 g/mol. The summed E-state index contributed by atoms with van der Waals surface area (Å²) in [4.78, 5) is 0. The Hall–Kier alpha value is -3.36. The first-order valence-corrected chi connectivity index (χ1v) is 21.5. The SMILES string of the molecule is CCc1cc2ccccc(-c3ccc(C(C)(C)C)c(Cl)c3)c-2c1[Si](C)(C)c1c(CC)cc2ccccc(-c3ccc(C(C)(C)C)c(Cl)c3)c1-2. The lowest BCUT2D eigenvalue weighted by Gasteiger charge is -2.30. The minimum absolute atomic E-state index is 0.0252. The number of hydrogen-bond acceptors (Lipinski definition) is 0. The van der Waals surface area contributed by atoms with Crippen LogP contribution in [0.4, 0.5) is 0 Å². The highest BCUT2D eigenvalue weighted by molar-refractivity contribution is 7.03. The molecule has 3 heteroatoms. The second-order valence-electron chi connectivity index (χ2n) is 16.2.